The van der Waals surface area contributed by atoms with Gasteiger partial charge in [0.2, 0.25) is 5.28 Å². The molecule has 19 heavy (non-hydrogen) atoms. The lowest BCUT2D eigenvalue weighted by atomic mass is 10.2. The normalized spacial score (nSPS) is 13.4. The molecule has 0 bridgehead atoms. The number of thioether (sulfide) groups is 1. The van der Waals surface area contributed by atoms with Crippen LogP contribution in [0, 0.1) is 12.7 Å². The van der Waals surface area contributed by atoms with Crippen molar-refractivity contribution in [2.24, 2.45) is 0 Å². The van der Waals surface area contributed by atoms with Gasteiger partial charge >= 0.3 is 0 Å². The minimum absolute atomic E-state index is 0.217. The number of nitrogens with zero attached hydrogens (tertiary/aromatic N) is 2. The molecular weight excluding hydrogens is 285 g/mol. The van der Waals surface area contributed by atoms with Crippen LogP contribution in [0.15, 0.2) is 23.1 Å². The first-order valence-corrected chi connectivity index (χ1v) is 7.22. The predicted molar refractivity (Wildman–Crippen MR) is 75.9 cm³/mol. The predicted octanol–water partition coefficient (Wildman–Crippen LogP) is 3.97. The van der Waals surface area contributed by atoms with Gasteiger partial charge in [0, 0.05) is 17.9 Å². The number of rotatable bonds is 2. The van der Waals surface area contributed by atoms with E-state index in [4.69, 9.17) is 11.6 Å². The molecule has 3 nitrogen and oxygen atoms in total. The Kier molecular flexibility index (Phi) is 3.33. The summed E-state index contributed by atoms with van der Waals surface area (Å²) >= 11 is 7.63. The number of anilines is 2. The molecule has 0 saturated carbocycles. The van der Waals surface area contributed by atoms with Gasteiger partial charge in [0.15, 0.2) is 0 Å². The minimum atomic E-state index is -0.217. The number of fused-ring (bicyclic) bond motifs is 1. The molecule has 0 radical (unpaired) electrons. The van der Waals surface area contributed by atoms with Crippen LogP contribution in [0.2, 0.25) is 5.28 Å². The number of hydrogen-bond acceptors (Lipinski definition) is 4. The first-order valence-electron chi connectivity index (χ1n) is 5.86. The van der Waals surface area contributed by atoms with Gasteiger partial charge in [0.25, 0.3) is 0 Å². The van der Waals surface area contributed by atoms with Gasteiger partial charge in [-0.2, -0.15) is 4.98 Å². The summed E-state index contributed by atoms with van der Waals surface area (Å²) in [6.07, 6.45) is 0.902. The molecule has 1 aliphatic rings. The highest BCUT2D eigenvalue weighted by atomic mass is 35.5. The fraction of sp³-hybridized carbons (Fsp3) is 0.231. The lowest BCUT2D eigenvalue weighted by Crippen LogP contribution is -2.00. The van der Waals surface area contributed by atoms with E-state index in [2.05, 4.69) is 15.3 Å². The van der Waals surface area contributed by atoms with E-state index in [1.54, 1.807) is 30.8 Å². The van der Waals surface area contributed by atoms with Gasteiger partial charge in [-0.05, 0) is 42.3 Å². The summed E-state index contributed by atoms with van der Waals surface area (Å²) in [5, 5.41) is 3.43. The van der Waals surface area contributed by atoms with Crippen molar-refractivity contribution in [3.05, 3.63) is 40.6 Å². The lowest BCUT2D eigenvalue weighted by Gasteiger charge is -2.10. The maximum Gasteiger partial charge on any atom is 0.224 e. The van der Waals surface area contributed by atoms with Gasteiger partial charge in [-0.25, -0.2) is 9.37 Å². The van der Waals surface area contributed by atoms with Crippen LogP contribution < -0.4 is 5.32 Å². The average Bonchev–Trinajstić information content (AvgIpc) is 2.82. The zero-order chi connectivity index (χ0) is 13.4. The summed E-state index contributed by atoms with van der Waals surface area (Å²) in [6, 6.07) is 4.87. The molecule has 2 aromatic rings. The molecular formula is C13H11ClFN3S. The quantitative estimate of drug-likeness (QED) is 0.851. The highest BCUT2D eigenvalue weighted by molar-refractivity contribution is 7.99. The molecule has 0 amide bonds. The van der Waals surface area contributed by atoms with Crippen molar-refractivity contribution >= 4 is 34.9 Å². The van der Waals surface area contributed by atoms with E-state index in [1.165, 1.54) is 6.07 Å². The summed E-state index contributed by atoms with van der Waals surface area (Å²) in [5.41, 5.74) is 2.36. The highest BCUT2D eigenvalue weighted by Crippen LogP contribution is 2.37. The molecule has 98 valence electrons. The van der Waals surface area contributed by atoms with E-state index in [0.29, 0.717) is 11.4 Å². The monoisotopic (exact) mass is 295 g/mol. The van der Waals surface area contributed by atoms with Crippen LogP contribution in [-0.4, -0.2) is 15.7 Å². The first kappa shape index (κ1) is 12.7. The minimum Gasteiger partial charge on any atom is -0.339 e. The van der Waals surface area contributed by atoms with E-state index < -0.39 is 0 Å². The third kappa shape index (κ3) is 2.53. The molecule has 0 saturated heterocycles. The molecule has 1 aromatic heterocycles. The van der Waals surface area contributed by atoms with Crippen LogP contribution in [-0.2, 0) is 6.42 Å². The van der Waals surface area contributed by atoms with Crippen molar-refractivity contribution in [2.75, 3.05) is 11.1 Å². The molecule has 3 rings (SSSR count). The van der Waals surface area contributed by atoms with E-state index in [-0.39, 0.29) is 11.1 Å². The van der Waals surface area contributed by atoms with E-state index in [9.17, 15) is 4.39 Å². The Bertz CT molecular complexity index is 648. The van der Waals surface area contributed by atoms with E-state index >= 15 is 0 Å². The maximum absolute atomic E-state index is 13.2. The van der Waals surface area contributed by atoms with Crippen LogP contribution in [0.1, 0.15) is 11.3 Å². The molecule has 0 fully saturated rings. The van der Waals surface area contributed by atoms with Gasteiger partial charge in [0.05, 0.1) is 10.6 Å². The highest BCUT2D eigenvalue weighted by Gasteiger charge is 2.19. The number of aryl methyl sites for hydroxylation is 2. The van der Waals surface area contributed by atoms with Crippen molar-refractivity contribution in [1.29, 1.82) is 0 Å². The Morgan fingerprint density at radius 3 is 3.00 bits per heavy atom. The SMILES string of the molecule is Cc1cc(Nc2nc(Cl)nc3c2SCC3)ccc1F. The number of halogens is 2. The Hall–Kier alpha value is -1.33. The van der Waals surface area contributed by atoms with Crippen molar-refractivity contribution in [3.63, 3.8) is 0 Å². The lowest BCUT2D eigenvalue weighted by molar-refractivity contribution is 0.619. The van der Waals surface area contributed by atoms with Gasteiger partial charge in [-0.15, -0.1) is 11.8 Å². The number of aromatic nitrogens is 2. The largest absolute Gasteiger partial charge is 0.339 e. The zero-order valence-electron chi connectivity index (χ0n) is 10.2. The van der Waals surface area contributed by atoms with Gasteiger partial charge in [-0.3, -0.25) is 0 Å². The van der Waals surface area contributed by atoms with E-state index in [1.807, 2.05) is 0 Å². The maximum atomic E-state index is 13.2. The van der Waals surface area contributed by atoms with Crippen molar-refractivity contribution in [2.45, 2.75) is 18.2 Å². The second-order valence-corrected chi connectivity index (χ2v) is 5.75. The van der Waals surface area contributed by atoms with E-state index in [0.717, 1.165) is 28.5 Å². The van der Waals surface area contributed by atoms with Crippen LogP contribution in [0.4, 0.5) is 15.9 Å². The molecule has 6 heteroatoms. The smallest absolute Gasteiger partial charge is 0.224 e. The van der Waals surface area contributed by atoms with Crippen molar-refractivity contribution in [1.82, 2.24) is 9.97 Å². The summed E-state index contributed by atoms with van der Waals surface area (Å²) in [7, 11) is 0. The van der Waals surface area contributed by atoms with Gasteiger partial charge < -0.3 is 5.32 Å². The molecule has 0 aliphatic carbocycles. The second kappa shape index (κ2) is 4.98. The summed E-state index contributed by atoms with van der Waals surface area (Å²) in [6.45, 7) is 1.73. The number of nitrogens with one attached hydrogen (secondary N) is 1. The summed E-state index contributed by atoms with van der Waals surface area (Å²) in [5.74, 6) is 1.47. The Labute approximate surface area is 119 Å². The van der Waals surface area contributed by atoms with Crippen LogP contribution >= 0.6 is 23.4 Å². The fourth-order valence-electron chi connectivity index (χ4n) is 1.98. The standard InChI is InChI=1S/C13H11ClFN3S/c1-7-6-8(2-3-9(7)15)16-12-11-10(4-5-19-11)17-13(14)18-12/h2-3,6H,4-5H2,1H3,(H,16,17,18). The van der Waals surface area contributed by atoms with Crippen LogP contribution in [0.25, 0.3) is 0 Å². The Balaban J connectivity index is 1.97. The third-order valence-corrected chi connectivity index (χ3v) is 4.21. The van der Waals surface area contributed by atoms with Crippen molar-refractivity contribution in [3.8, 4) is 0 Å². The second-order valence-electron chi connectivity index (χ2n) is 4.30. The molecule has 1 aliphatic heterocycles. The first-order chi connectivity index (χ1) is 9.13. The van der Waals surface area contributed by atoms with Crippen molar-refractivity contribution < 1.29 is 4.39 Å². The molecule has 1 aromatic carbocycles. The number of hydrogen-bond donors (Lipinski definition) is 1. The molecule has 0 spiro atoms. The average molecular weight is 296 g/mol. The molecule has 0 unspecified atom stereocenters. The van der Waals surface area contributed by atoms with Crippen LogP contribution in [0.3, 0.4) is 0 Å². The Morgan fingerprint density at radius 2 is 2.21 bits per heavy atom. The summed E-state index contributed by atoms with van der Waals surface area (Å²) in [4.78, 5) is 9.48. The van der Waals surface area contributed by atoms with Gasteiger partial charge in [-0.1, -0.05) is 0 Å². The summed E-state index contributed by atoms with van der Waals surface area (Å²) < 4.78 is 13.2. The van der Waals surface area contributed by atoms with Gasteiger partial charge in [0.1, 0.15) is 11.6 Å². The Morgan fingerprint density at radius 1 is 1.37 bits per heavy atom. The molecule has 2 heterocycles. The third-order valence-electron chi connectivity index (χ3n) is 2.91. The topological polar surface area (TPSA) is 37.8 Å². The van der Waals surface area contributed by atoms with Crippen LogP contribution in [0.5, 0.6) is 0 Å². The number of benzene rings is 1. The zero-order valence-corrected chi connectivity index (χ0v) is 11.8. The molecule has 0 atom stereocenters. The fourth-order valence-corrected chi connectivity index (χ4v) is 3.22. The molecule has 1 N–H and O–H groups in total.